The number of benzene rings is 1. The summed E-state index contributed by atoms with van der Waals surface area (Å²) in [6.45, 7) is 0.974. The number of thiophene rings is 1. The average Bonchev–Trinajstić information content (AvgIpc) is 3.06. The van der Waals surface area contributed by atoms with Crippen LogP contribution in [0, 0.1) is 0 Å². The van der Waals surface area contributed by atoms with Crippen molar-refractivity contribution in [3.63, 3.8) is 0 Å². The first-order valence-electron chi connectivity index (χ1n) is 8.36. The van der Waals surface area contributed by atoms with E-state index in [1.807, 2.05) is 50.5 Å². The summed E-state index contributed by atoms with van der Waals surface area (Å²) < 4.78 is 0. The number of nitrogens with one attached hydrogen (secondary N) is 2. The lowest BCUT2D eigenvalue weighted by Crippen LogP contribution is -2.46. The highest BCUT2D eigenvalue weighted by atomic mass is 32.1. The zero-order valence-corrected chi connectivity index (χ0v) is 15.6. The van der Waals surface area contributed by atoms with E-state index in [0.717, 1.165) is 23.4 Å². The summed E-state index contributed by atoms with van der Waals surface area (Å²) in [5.41, 5.74) is 0.230. The van der Waals surface area contributed by atoms with Gasteiger partial charge < -0.3 is 14.9 Å². The zero-order chi connectivity index (χ0) is 18.5. The molecule has 0 bridgehead atoms. The standard InChI is InChI=1S/C20H21N3O2S/c1-23(2)11-10-15-8-9-16(26-15)13-18-20(25)21-17(19(24)22-18)12-14-6-4-3-5-7-14/h3-9,12-13H,10-11H2,1-2H3,(H,21,25)(H,22,24). The minimum atomic E-state index is -0.316. The SMILES string of the molecule is CN(C)CCc1ccc(C=c2[nH]c(=O)c(=Cc3ccccc3)[nH]c2=O)s1. The Balaban J connectivity index is 1.94. The van der Waals surface area contributed by atoms with Gasteiger partial charge in [-0.3, -0.25) is 9.59 Å². The maximum absolute atomic E-state index is 12.3. The molecule has 3 aromatic rings. The van der Waals surface area contributed by atoms with Gasteiger partial charge in [0.25, 0.3) is 11.1 Å². The van der Waals surface area contributed by atoms with E-state index in [0.29, 0.717) is 0 Å². The number of H-pyrrole nitrogens is 2. The maximum atomic E-state index is 12.3. The molecule has 0 radical (unpaired) electrons. The third kappa shape index (κ3) is 4.68. The molecule has 2 N–H and O–H groups in total. The van der Waals surface area contributed by atoms with Crippen LogP contribution in [0.15, 0.2) is 52.1 Å². The summed E-state index contributed by atoms with van der Waals surface area (Å²) in [6.07, 6.45) is 4.34. The first kappa shape index (κ1) is 18.1. The van der Waals surface area contributed by atoms with Gasteiger partial charge in [-0.2, -0.15) is 0 Å². The second kappa shape index (κ2) is 8.12. The molecule has 134 valence electrons. The zero-order valence-electron chi connectivity index (χ0n) is 14.8. The van der Waals surface area contributed by atoms with Crippen molar-refractivity contribution in [3.05, 3.63) is 89.2 Å². The number of hydrogen-bond acceptors (Lipinski definition) is 4. The van der Waals surface area contributed by atoms with Crippen LogP contribution in [-0.4, -0.2) is 35.5 Å². The van der Waals surface area contributed by atoms with Crippen molar-refractivity contribution in [2.75, 3.05) is 20.6 Å². The topological polar surface area (TPSA) is 69.0 Å². The Bertz CT molecular complexity index is 1110. The predicted molar refractivity (Wildman–Crippen MR) is 107 cm³/mol. The lowest BCUT2D eigenvalue weighted by molar-refractivity contribution is 0.415. The normalized spacial score (nSPS) is 12.9. The smallest absolute Gasteiger partial charge is 0.272 e. The molecule has 0 saturated carbocycles. The minimum absolute atomic E-state index is 0.246. The number of rotatable bonds is 5. The van der Waals surface area contributed by atoms with E-state index < -0.39 is 0 Å². The molecule has 0 amide bonds. The van der Waals surface area contributed by atoms with Gasteiger partial charge in [-0.1, -0.05) is 30.3 Å². The van der Waals surface area contributed by atoms with Crippen molar-refractivity contribution in [3.8, 4) is 0 Å². The van der Waals surface area contributed by atoms with Crippen LogP contribution < -0.4 is 21.8 Å². The van der Waals surface area contributed by atoms with Gasteiger partial charge in [0.1, 0.15) is 10.7 Å². The number of aromatic amines is 2. The van der Waals surface area contributed by atoms with Gasteiger partial charge in [0.05, 0.1) is 0 Å². The van der Waals surface area contributed by atoms with Crippen molar-refractivity contribution >= 4 is 23.5 Å². The van der Waals surface area contributed by atoms with Crippen LogP contribution in [-0.2, 0) is 6.42 Å². The number of likely N-dealkylation sites (N-methyl/N-ethyl adjacent to an activating group) is 1. The number of hydrogen-bond donors (Lipinski definition) is 2. The first-order chi connectivity index (χ1) is 12.5. The molecule has 26 heavy (non-hydrogen) atoms. The van der Waals surface area contributed by atoms with Crippen LogP contribution in [0.4, 0.5) is 0 Å². The highest BCUT2D eigenvalue weighted by Crippen LogP contribution is 2.17. The van der Waals surface area contributed by atoms with Crippen molar-refractivity contribution in [2.45, 2.75) is 6.42 Å². The Hall–Kier alpha value is -2.70. The van der Waals surface area contributed by atoms with E-state index in [9.17, 15) is 9.59 Å². The Morgan fingerprint density at radius 1 is 0.923 bits per heavy atom. The molecular weight excluding hydrogens is 346 g/mol. The van der Waals surface area contributed by atoms with E-state index in [4.69, 9.17) is 0 Å². The van der Waals surface area contributed by atoms with Crippen LogP contribution in [0.1, 0.15) is 15.3 Å². The Morgan fingerprint density at radius 3 is 2.23 bits per heavy atom. The summed E-state index contributed by atoms with van der Waals surface area (Å²) >= 11 is 1.63. The highest BCUT2D eigenvalue weighted by molar-refractivity contribution is 7.12. The molecule has 0 fully saturated rings. The molecule has 0 aliphatic carbocycles. The Labute approximate surface area is 155 Å². The lowest BCUT2D eigenvalue weighted by Gasteiger charge is -2.06. The summed E-state index contributed by atoms with van der Waals surface area (Å²) in [6, 6.07) is 13.4. The second-order valence-electron chi connectivity index (χ2n) is 6.29. The third-order valence-corrected chi connectivity index (χ3v) is 4.96. The van der Waals surface area contributed by atoms with Crippen LogP contribution in [0.2, 0.25) is 0 Å². The van der Waals surface area contributed by atoms with Crippen LogP contribution in [0.25, 0.3) is 12.2 Å². The van der Waals surface area contributed by atoms with E-state index in [1.54, 1.807) is 23.5 Å². The predicted octanol–water partition coefficient (Wildman–Crippen LogP) is 0.886. The first-order valence-corrected chi connectivity index (χ1v) is 9.17. The molecule has 5 nitrogen and oxygen atoms in total. The quantitative estimate of drug-likeness (QED) is 0.704. The molecule has 0 spiro atoms. The monoisotopic (exact) mass is 367 g/mol. The van der Waals surface area contributed by atoms with Crippen molar-refractivity contribution in [2.24, 2.45) is 0 Å². The van der Waals surface area contributed by atoms with Crippen molar-refractivity contribution < 1.29 is 0 Å². The van der Waals surface area contributed by atoms with E-state index in [-0.39, 0.29) is 21.8 Å². The van der Waals surface area contributed by atoms with Gasteiger partial charge in [-0.15, -0.1) is 11.3 Å². The summed E-state index contributed by atoms with van der Waals surface area (Å²) in [5, 5.41) is 0.512. The fraction of sp³-hybridized carbons (Fsp3) is 0.200. The fourth-order valence-electron chi connectivity index (χ4n) is 2.49. The van der Waals surface area contributed by atoms with Gasteiger partial charge in [-0.25, -0.2) is 0 Å². The Kier molecular flexibility index (Phi) is 5.65. The van der Waals surface area contributed by atoms with Crippen molar-refractivity contribution in [1.82, 2.24) is 14.9 Å². The molecule has 6 heteroatoms. The van der Waals surface area contributed by atoms with Crippen LogP contribution in [0.3, 0.4) is 0 Å². The molecule has 0 atom stereocenters. The number of nitrogens with zero attached hydrogens (tertiary/aromatic N) is 1. The maximum Gasteiger partial charge on any atom is 0.272 e. The second-order valence-corrected chi connectivity index (χ2v) is 7.49. The van der Waals surface area contributed by atoms with Gasteiger partial charge in [0.15, 0.2) is 0 Å². The summed E-state index contributed by atoms with van der Waals surface area (Å²) in [7, 11) is 4.08. The molecule has 2 aromatic heterocycles. The van der Waals surface area contributed by atoms with Gasteiger partial charge in [0.2, 0.25) is 0 Å². The molecular formula is C20H21N3O2S. The molecule has 1 aromatic carbocycles. The Morgan fingerprint density at radius 2 is 1.58 bits per heavy atom. The molecule has 0 saturated heterocycles. The van der Waals surface area contributed by atoms with Gasteiger partial charge in [-0.05, 0) is 50.4 Å². The molecule has 2 heterocycles. The minimum Gasteiger partial charge on any atom is -0.316 e. The fourth-order valence-corrected chi connectivity index (χ4v) is 3.44. The highest BCUT2D eigenvalue weighted by Gasteiger charge is 2.01. The molecule has 0 aliphatic heterocycles. The van der Waals surface area contributed by atoms with E-state index in [2.05, 4.69) is 20.9 Å². The van der Waals surface area contributed by atoms with Gasteiger partial charge in [0, 0.05) is 16.3 Å². The van der Waals surface area contributed by atoms with E-state index in [1.165, 1.54) is 4.88 Å². The van der Waals surface area contributed by atoms with E-state index >= 15 is 0 Å². The van der Waals surface area contributed by atoms with Crippen LogP contribution >= 0.6 is 11.3 Å². The lowest BCUT2D eigenvalue weighted by atomic mass is 10.2. The summed E-state index contributed by atoms with van der Waals surface area (Å²) in [4.78, 5) is 34.3. The average molecular weight is 367 g/mol. The largest absolute Gasteiger partial charge is 0.316 e. The number of aromatic nitrogens is 2. The van der Waals surface area contributed by atoms with Crippen molar-refractivity contribution in [1.29, 1.82) is 0 Å². The molecule has 0 unspecified atom stereocenters. The molecule has 3 rings (SSSR count). The summed E-state index contributed by atoms with van der Waals surface area (Å²) in [5.74, 6) is 0. The van der Waals surface area contributed by atoms with Crippen LogP contribution in [0.5, 0.6) is 0 Å². The molecule has 0 aliphatic rings. The third-order valence-electron chi connectivity index (χ3n) is 3.87. The van der Waals surface area contributed by atoms with Gasteiger partial charge >= 0.3 is 0 Å².